The van der Waals surface area contributed by atoms with Crippen LogP contribution in [0, 0.1) is 0 Å². The molecule has 1 aromatic carbocycles. The lowest BCUT2D eigenvalue weighted by Gasteiger charge is -2.27. The molecule has 0 bridgehead atoms. The largest absolute Gasteiger partial charge is 0.507 e. The highest BCUT2D eigenvalue weighted by Gasteiger charge is 2.22. The molecular weight excluding hydrogens is 268 g/mol. The van der Waals surface area contributed by atoms with Crippen LogP contribution < -0.4 is 0 Å². The quantitative estimate of drug-likeness (QED) is 0.663. The third-order valence-corrected chi connectivity index (χ3v) is 2.98. The topological polar surface area (TPSA) is 46.5 Å². The Kier molecular flexibility index (Phi) is 5.02. The number of carbonyl (C=O) groups is 1. The highest BCUT2D eigenvalue weighted by atomic mass is 16.5. The van der Waals surface area contributed by atoms with Crippen LogP contribution in [0.4, 0.5) is 0 Å². The number of carbonyl (C=O) groups excluding carboxylic acids is 1. The second-order valence-corrected chi connectivity index (χ2v) is 7.53. The molecule has 5 heteroatoms. The molecule has 0 aromatic heterocycles. The van der Waals surface area contributed by atoms with Crippen LogP contribution in [0.3, 0.4) is 0 Å². The van der Waals surface area contributed by atoms with Crippen LogP contribution in [0.1, 0.15) is 21.5 Å². The lowest BCUT2D eigenvalue weighted by atomic mass is 10.0. The Balaban J connectivity index is 3.35. The third kappa shape index (κ3) is 5.36. The number of aromatic hydroxyl groups is 1. The molecule has 0 heterocycles. The maximum absolute atomic E-state index is 11.8. The number of phenolic OH excluding ortho intramolecular Hbond substituents is 1. The summed E-state index contributed by atoms with van der Waals surface area (Å²) in [5.41, 5.74) is 2.03. The van der Waals surface area contributed by atoms with E-state index in [1.54, 1.807) is 12.1 Å². The van der Waals surface area contributed by atoms with Crippen LogP contribution in [0.25, 0.3) is 0 Å². The van der Waals surface area contributed by atoms with Crippen LogP contribution >= 0.6 is 0 Å². The van der Waals surface area contributed by atoms with E-state index in [0.29, 0.717) is 27.6 Å². The van der Waals surface area contributed by atoms with E-state index in [1.165, 1.54) is 7.11 Å². The highest BCUT2D eigenvalue weighted by molar-refractivity contribution is 5.90. The first-order valence-corrected chi connectivity index (χ1v) is 6.97. The van der Waals surface area contributed by atoms with Gasteiger partial charge in [0.1, 0.15) is 18.8 Å². The van der Waals surface area contributed by atoms with Crippen molar-refractivity contribution in [2.24, 2.45) is 0 Å². The normalized spacial score (nSPS) is 12.3. The Hall–Kier alpha value is -1.59. The molecule has 1 aromatic rings. The van der Waals surface area contributed by atoms with E-state index < -0.39 is 0 Å². The number of rotatable bonds is 5. The van der Waals surface area contributed by atoms with Gasteiger partial charge in [-0.1, -0.05) is 0 Å². The zero-order valence-corrected chi connectivity index (χ0v) is 14.2. The fourth-order valence-electron chi connectivity index (χ4n) is 2.26. The monoisotopic (exact) mass is 296 g/mol. The van der Waals surface area contributed by atoms with E-state index in [-0.39, 0.29) is 11.7 Å². The zero-order valence-electron chi connectivity index (χ0n) is 14.2. The van der Waals surface area contributed by atoms with E-state index in [2.05, 4.69) is 0 Å². The highest BCUT2D eigenvalue weighted by Crippen LogP contribution is 2.28. The predicted molar refractivity (Wildman–Crippen MR) is 82.9 cm³/mol. The molecule has 0 unspecified atom stereocenters. The first-order chi connectivity index (χ1) is 9.43. The summed E-state index contributed by atoms with van der Waals surface area (Å²) in [5, 5.41) is 10.5. The maximum atomic E-state index is 11.8. The number of hydrogen-bond donors (Lipinski definition) is 1. The molecule has 0 amide bonds. The number of methoxy groups -OCH3 is 1. The van der Waals surface area contributed by atoms with E-state index in [4.69, 9.17) is 4.74 Å². The number of esters is 1. The fourth-order valence-corrected chi connectivity index (χ4v) is 2.26. The molecule has 0 spiro atoms. The van der Waals surface area contributed by atoms with E-state index >= 15 is 0 Å². The molecule has 1 rings (SSSR count). The Morgan fingerprint density at radius 3 is 1.67 bits per heavy atom. The Morgan fingerprint density at radius 2 is 1.38 bits per heavy atom. The van der Waals surface area contributed by atoms with Crippen molar-refractivity contribution in [2.75, 3.05) is 49.4 Å². The molecule has 0 atom stereocenters. The molecule has 0 radical (unpaired) electrons. The summed E-state index contributed by atoms with van der Waals surface area (Å²) < 4.78 is 6.15. The van der Waals surface area contributed by atoms with E-state index in [0.717, 1.165) is 11.1 Å². The number of quaternary nitrogens is 2. The average Bonchev–Trinajstić information content (AvgIpc) is 2.29. The van der Waals surface area contributed by atoms with Gasteiger partial charge in [-0.15, -0.1) is 0 Å². The van der Waals surface area contributed by atoms with Gasteiger partial charge in [-0.3, -0.25) is 0 Å². The van der Waals surface area contributed by atoms with Crippen molar-refractivity contribution in [3.63, 3.8) is 0 Å². The molecule has 0 aliphatic heterocycles. The van der Waals surface area contributed by atoms with Crippen LogP contribution in [0.15, 0.2) is 12.1 Å². The standard InChI is InChI=1S/C16H27N2O3/c1-17(2,3)10-13-8-12(16(20)21-7)9-14(15(13)19)11-18(4,5)6/h8-9H,10-11H2,1-7H3/q+1/p+1. The van der Waals surface area contributed by atoms with Crippen LogP contribution in [0.2, 0.25) is 0 Å². The van der Waals surface area contributed by atoms with Crippen molar-refractivity contribution >= 4 is 5.97 Å². The summed E-state index contributed by atoms with van der Waals surface area (Å²) in [6, 6.07) is 3.45. The van der Waals surface area contributed by atoms with Gasteiger partial charge in [-0.2, -0.15) is 0 Å². The minimum Gasteiger partial charge on any atom is -0.507 e. The van der Waals surface area contributed by atoms with Gasteiger partial charge in [0.15, 0.2) is 0 Å². The summed E-state index contributed by atoms with van der Waals surface area (Å²) >= 11 is 0. The van der Waals surface area contributed by atoms with Crippen LogP contribution in [0.5, 0.6) is 5.75 Å². The van der Waals surface area contributed by atoms with E-state index in [1.807, 2.05) is 42.3 Å². The van der Waals surface area contributed by atoms with Crippen LogP contribution in [-0.2, 0) is 17.8 Å². The molecule has 0 fully saturated rings. The molecule has 118 valence electrons. The minimum absolute atomic E-state index is 0.281. The van der Waals surface area contributed by atoms with Crippen molar-refractivity contribution in [1.82, 2.24) is 0 Å². The van der Waals surface area contributed by atoms with Gasteiger partial charge in [0, 0.05) is 11.1 Å². The van der Waals surface area contributed by atoms with Gasteiger partial charge in [0.25, 0.3) is 0 Å². The van der Waals surface area contributed by atoms with Gasteiger partial charge in [-0.25, -0.2) is 4.79 Å². The summed E-state index contributed by atoms with van der Waals surface area (Å²) in [5.74, 6) is -0.0935. The van der Waals surface area contributed by atoms with E-state index in [9.17, 15) is 9.90 Å². The summed E-state index contributed by atoms with van der Waals surface area (Å²) in [6.45, 7) is 1.28. The Bertz CT molecular complexity index is 488. The Labute approximate surface area is 127 Å². The van der Waals surface area contributed by atoms with Crippen molar-refractivity contribution in [3.05, 3.63) is 28.8 Å². The maximum Gasteiger partial charge on any atom is 0.337 e. The molecule has 0 aliphatic carbocycles. The molecule has 1 N–H and O–H groups in total. The first-order valence-electron chi connectivity index (χ1n) is 6.97. The number of ether oxygens (including phenoxy) is 1. The van der Waals surface area contributed by atoms with Crippen molar-refractivity contribution in [2.45, 2.75) is 13.1 Å². The SMILES string of the molecule is COC(=O)c1cc(C[N+](C)(C)C)c(O)c(C[N+](C)(C)C)c1. The molecule has 5 nitrogen and oxygen atoms in total. The zero-order chi connectivity index (χ0) is 16.4. The van der Waals surface area contributed by atoms with Crippen molar-refractivity contribution in [3.8, 4) is 5.75 Å². The first kappa shape index (κ1) is 17.5. The van der Waals surface area contributed by atoms with Gasteiger partial charge in [0.05, 0.1) is 55.0 Å². The second-order valence-electron chi connectivity index (χ2n) is 7.53. The molecule has 0 saturated carbocycles. The minimum atomic E-state index is -0.375. The number of hydrogen-bond acceptors (Lipinski definition) is 3. The van der Waals surface area contributed by atoms with Crippen molar-refractivity contribution < 1.29 is 23.6 Å². The lowest BCUT2D eigenvalue weighted by molar-refractivity contribution is -0.884. The lowest BCUT2D eigenvalue weighted by Crippen LogP contribution is -2.34. The summed E-state index contributed by atoms with van der Waals surface area (Å²) in [6.07, 6.45) is 0. The average molecular weight is 296 g/mol. The Morgan fingerprint density at radius 1 is 1.00 bits per heavy atom. The van der Waals surface area contributed by atoms with Gasteiger partial charge < -0.3 is 18.8 Å². The number of phenols is 1. The molecule has 21 heavy (non-hydrogen) atoms. The molecule has 0 aliphatic rings. The number of nitrogens with zero attached hydrogens (tertiary/aromatic N) is 2. The van der Waals surface area contributed by atoms with Crippen LogP contribution in [-0.4, -0.2) is 69.4 Å². The smallest absolute Gasteiger partial charge is 0.337 e. The summed E-state index contributed by atoms with van der Waals surface area (Å²) in [4.78, 5) is 11.8. The van der Waals surface area contributed by atoms with Crippen molar-refractivity contribution in [1.29, 1.82) is 0 Å². The predicted octanol–water partition coefficient (Wildman–Crippen LogP) is 1.59. The second kappa shape index (κ2) is 6.03. The van der Waals surface area contributed by atoms with Gasteiger partial charge in [0.2, 0.25) is 0 Å². The molecule has 0 saturated heterocycles. The molecular formula is C16H28N2O3+2. The fraction of sp³-hybridized carbons (Fsp3) is 0.562. The number of benzene rings is 1. The van der Waals surface area contributed by atoms with Gasteiger partial charge >= 0.3 is 5.97 Å². The van der Waals surface area contributed by atoms with Gasteiger partial charge in [-0.05, 0) is 12.1 Å². The third-order valence-electron chi connectivity index (χ3n) is 2.98. The summed E-state index contributed by atoms with van der Waals surface area (Å²) in [7, 11) is 13.6.